The summed E-state index contributed by atoms with van der Waals surface area (Å²) in [5.74, 6) is -1.25. The van der Waals surface area contributed by atoms with Crippen molar-refractivity contribution in [2.75, 3.05) is 36.9 Å². The number of carbonyl (C=O) groups is 3. The quantitative estimate of drug-likeness (QED) is 0.0292. The molecular formula is C60H114N3O12S3-3. The van der Waals surface area contributed by atoms with Crippen LogP contribution >= 0.6 is 0 Å². The van der Waals surface area contributed by atoms with E-state index in [9.17, 15) is 53.3 Å². The third-order valence-electron chi connectivity index (χ3n) is 15.4. The van der Waals surface area contributed by atoms with Crippen molar-refractivity contribution in [3.8, 4) is 0 Å². The zero-order valence-electron chi connectivity index (χ0n) is 49.6. The summed E-state index contributed by atoms with van der Waals surface area (Å²) in [6.45, 7) is 6.21. The van der Waals surface area contributed by atoms with Gasteiger partial charge >= 0.3 is 0 Å². The fourth-order valence-electron chi connectivity index (χ4n) is 10.9. The highest BCUT2D eigenvalue weighted by Gasteiger charge is 2.31. The van der Waals surface area contributed by atoms with Crippen LogP contribution in [-0.4, -0.2) is 93.5 Å². The maximum Gasteiger partial charge on any atom is 0.220 e. The van der Waals surface area contributed by atoms with Crippen LogP contribution < -0.4 is 16.0 Å². The van der Waals surface area contributed by atoms with E-state index in [1.165, 1.54) is 153 Å². The molecular weight excluding hydrogens is 1050 g/mol. The van der Waals surface area contributed by atoms with Gasteiger partial charge in [-0.3, -0.25) is 14.4 Å². The lowest BCUT2D eigenvalue weighted by Gasteiger charge is -2.37. The molecule has 0 aliphatic rings. The fourth-order valence-corrected chi connectivity index (χ4v) is 12.0. The summed E-state index contributed by atoms with van der Waals surface area (Å²) in [6, 6.07) is 0. The van der Waals surface area contributed by atoms with E-state index in [4.69, 9.17) is 0 Å². The molecule has 15 nitrogen and oxygen atoms in total. The second-order valence-corrected chi connectivity index (χ2v) is 27.1. The Bertz CT molecular complexity index is 1850. The lowest BCUT2D eigenvalue weighted by molar-refractivity contribution is -0.121. The molecule has 18 heteroatoms. The van der Waals surface area contributed by atoms with Crippen molar-refractivity contribution in [3.63, 3.8) is 0 Å². The van der Waals surface area contributed by atoms with Crippen molar-refractivity contribution >= 4 is 48.1 Å². The molecule has 0 aromatic rings. The van der Waals surface area contributed by atoms with Crippen molar-refractivity contribution in [3.05, 3.63) is 11.6 Å². The van der Waals surface area contributed by atoms with Crippen LogP contribution in [0.1, 0.15) is 297 Å². The fraction of sp³-hybridized carbons (Fsp3) is 0.917. The van der Waals surface area contributed by atoms with Crippen LogP contribution in [0.25, 0.3) is 0 Å². The summed E-state index contributed by atoms with van der Waals surface area (Å²) in [5, 5.41) is 7.74. The minimum absolute atomic E-state index is 0.166. The van der Waals surface area contributed by atoms with Crippen molar-refractivity contribution in [2.45, 2.75) is 297 Å². The Hall–Kier alpha value is -2.12. The van der Waals surface area contributed by atoms with Gasteiger partial charge in [0.05, 0.1) is 47.6 Å². The first-order valence-electron chi connectivity index (χ1n) is 31.6. The molecule has 0 rings (SSSR count). The van der Waals surface area contributed by atoms with Gasteiger partial charge in [0, 0.05) is 38.9 Å². The van der Waals surface area contributed by atoms with E-state index in [2.05, 4.69) is 42.8 Å². The maximum absolute atomic E-state index is 12.7. The number of carbonyl (C=O) groups excluding carboxylic acids is 3. The molecule has 0 fully saturated rings. The average molecular weight is 1170 g/mol. The molecule has 0 aromatic heterocycles. The van der Waals surface area contributed by atoms with E-state index in [-0.39, 0.29) is 50.2 Å². The minimum Gasteiger partial charge on any atom is -0.748 e. The molecule has 0 spiro atoms. The molecule has 3 N–H and O–H groups in total. The van der Waals surface area contributed by atoms with Crippen LogP contribution in [0.15, 0.2) is 11.6 Å². The van der Waals surface area contributed by atoms with E-state index < -0.39 is 47.6 Å². The largest absolute Gasteiger partial charge is 0.748 e. The monoisotopic (exact) mass is 1160 g/mol. The number of hydrogen-bond acceptors (Lipinski definition) is 12. The van der Waals surface area contributed by atoms with E-state index >= 15 is 0 Å². The van der Waals surface area contributed by atoms with Gasteiger partial charge in [-0.2, -0.15) is 0 Å². The highest BCUT2D eigenvalue weighted by molar-refractivity contribution is 7.86. The van der Waals surface area contributed by atoms with Crippen molar-refractivity contribution < 1.29 is 53.3 Å². The highest BCUT2D eigenvalue weighted by atomic mass is 32.2. The van der Waals surface area contributed by atoms with Gasteiger partial charge in [-0.05, 0) is 75.5 Å². The minimum atomic E-state index is -4.42. The zero-order chi connectivity index (χ0) is 58.0. The predicted molar refractivity (Wildman–Crippen MR) is 317 cm³/mol. The molecule has 462 valence electrons. The summed E-state index contributed by atoms with van der Waals surface area (Å²) in [7, 11) is -13.2. The van der Waals surface area contributed by atoms with Crippen molar-refractivity contribution in [1.29, 1.82) is 0 Å². The average Bonchev–Trinajstić information content (AvgIpc) is 3.36. The number of rotatable bonds is 58. The van der Waals surface area contributed by atoms with Gasteiger partial charge in [0.1, 0.15) is 0 Å². The normalized spacial score (nSPS) is 13.6. The molecule has 3 unspecified atom stereocenters. The molecule has 0 aliphatic carbocycles. The first kappa shape index (κ1) is 75.9. The van der Waals surface area contributed by atoms with Gasteiger partial charge in [0.25, 0.3) is 0 Å². The number of amides is 3. The second kappa shape index (κ2) is 50.6. The number of allylic oxidation sites excluding steroid dienone is 2. The molecule has 0 radical (unpaired) electrons. The Morgan fingerprint density at radius 3 is 1.01 bits per heavy atom. The third-order valence-corrected chi connectivity index (χ3v) is 17.5. The molecule has 3 atom stereocenters. The van der Waals surface area contributed by atoms with Crippen LogP contribution in [0.4, 0.5) is 0 Å². The maximum atomic E-state index is 12.7. The van der Waals surface area contributed by atoms with Gasteiger partial charge < -0.3 is 29.6 Å². The Balaban J connectivity index is 6.88. The number of unbranched alkanes of at least 4 members (excludes halogenated alkanes) is 29. The second-order valence-electron chi connectivity index (χ2n) is 22.5. The first-order valence-corrected chi connectivity index (χ1v) is 36.3. The van der Waals surface area contributed by atoms with Crippen molar-refractivity contribution in [2.24, 2.45) is 17.8 Å². The molecule has 78 heavy (non-hydrogen) atoms. The van der Waals surface area contributed by atoms with E-state index in [1.807, 2.05) is 0 Å². The molecule has 0 saturated heterocycles. The third kappa shape index (κ3) is 52.0. The molecule has 0 heterocycles. The van der Waals surface area contributed by atoms with Gasteiger partial charge in [-0.1, -0.05) is 231 Å². The molecule has 0 aromatic carbocycles. The van der Waals surface area contributed by atoms with Gasteiger partial charge in [-0.25, -0.2) is 25.3 Å². The number of hydrogen-bond donors (Lipinski definition) is 3. The molecule has 0 bridgehead atoms. The Morgan fingerprint density at radius 1 is 0.359 bits per heavy atom. The van der Waals surface area contributed by atoms with Gasteiger partial charge in [0.2, 0.25) is 17.7 Å². The van der Waals surface area contributed by atoms with Crippen LogP contribution in [0.2, 0.25) is 0 Å². The first-order chi connectivity index (χ1) is 37.3. The molecule has 0 saturated carbocycles. The van der Waals surface area contributed by atoms with E-state index in [1.54, 1.807) is 0 Å². The summed E-state index contributed by atoms with van der Waals surface area (Å²) in [6.07, 6.45) is 48.1. The zero-order valence-corrected chi connectivity index (χ0v) is 52.0. The lowest BCUT2D eigenvalue weighted by atomic mass is 9.68. The van der Waals surface area contributed by atoms with Gasteiger partial charge in [-0.15, -0.1) is 0 Å². The van der Waals surface area contributed by atoms with Crippen LogP contribution in [-0.2, 0) is 44.7 Å². The van der Waals surface area contributed by atoms with Crippen LogP contribution in [0, 0.1) is 17.8 Å². The smallest absolute Gasteiger partial charge is 0.220 e. The van der Waals surface area contributed by atoms with Gasteiger partial charge in [0.15, 0.2) is 0 Å². The van der Waals surface area contributed by atoms with Crippen LogP contribution in [0.3, 0.4) is 0 Å². The summed E-state index contributed by atoms with van der Waals surface area (Å²) < 4.78 is 99.7. The Labute approximate surface area is 478 Å². The summed E-state index contributed by atoms with van der Waals surface area (Å²) in [4.78, 5) is 37.7. The van der Waals surface area contributed by atoms with E-state index in [0.29, 0.717) is 43.4 Å². The predicted octanol–water partition coefficient (Wildman–Crippen LogP) is 13.6. The molecule has 3 amide bonds. The highest BCUT2D eigenvalue weighted by Crippen LogP contribution is 2.42. The number of nitrogens with one attached hydrogen (secondary N) is 3. The Kier molecular flexibility index (Phi) is 49.2. The summed E-state index contributed by atoms with van der Waals surface area (Å²) >= 11 is 0. The Morgan fingerprint density at radius 2 is 0.641 bits per heavy atom. The lowest BCUT2D eigenvalue weighted by Crippen LogP contribution is -2.28. The molecule has 0 aliphatic heterocycles. The SMILES string of the molecule is CCCCCCCCCC/C=C(/CCCCCC(=O)NCCS(=O)(=O)[O-])C(CCCCCC(=O)NCCS(=O)(=O)[O-])C(CCCCCCCCCC)C(CCCCCCCCC)CCCCCCCC(=O)NCCS(=O)(=O)[O-]. The topological polar surface area (TPSA) is 259 Å². The van der Waals surface area contributed by atoms with E-state index in [0.717, 1.165) is 89.9 Å². The summed E-state index contributed by atoms with van der Waals surface area (Å²) in [5.41, 5.74) is 1.53. The van der Waals surface area contributed by atoms with Crippen LogP contribution in [0.5, 0.6) is 0 Å². The standard InChI is InChI=1S/C60H117N3O12S3/c1-4-7-10-13-16-18-20-24-31-40-55(42-33-28-37-46-59(65)62-49-52-77(70,71)72)57(44-35-29-38-47-60(66)63-50-53-78(73,74)75)56(43-34-26-21-17-14-11-8-5-2)54(39-30-23-19-15-12-9-6-3)41-32-25-22-27-36-45-58(64)61-48-51-76(67,68)69/h40,54,56-57H,4-39,41-53H2,1-3H3,(H,61,64)(H,62,65)(H,63,66)(H,67,68,69)(H,70,71,72)(H,73,74,75)/p-3/b55-40-. The van der Waals surface area contributed by atoms with Crippen molar-refractivity contribution in [1.82, 2.24) is 16.0 Å².